The number of hydrogen-bond donors (Lipinski definition) is 1. The third kappa shape index (κ3) is 3.69. The van der Waals surface area contributed by atoms with Gasteiger partial charge in [-0.15, -0.1) is 0 Å². The third-order valence-electron chi connectivity index (χ3n) is 4.96. The summed E-state index contributed by atoms with van der Waals surface area (Å²) in [5.41, 5.74) is 5.53. The summed E-state index contributed by atoms with van der Waals surface area (Å²) >= 11 is 0. The molecule has 0 aromatic heterocycles. The molecule has 0 aromatic carbocycles. The van der Waals surface area contributed by atoms with E-state index in [9.17, 15) is 4.79 Å². The van der Waals surface area contributed by atoms with Crippen LogP contribution in [0.3, 0.4) is 0 Å². The summed E-state index contributed by atoms with van der Waals surface area (Å²) in [4.78, 5) is 16.4. The van der Waals surface area contributed by atoms with Gasteiger partial charge < -0.3 is 5.73 Å². The van der Waals surface area contributed by atoms with Gasteiger partial charge in [0.25, 0.3) is 0 Å². The maximum Gasteiger partial charge on any atom is 0.234 e. The molecule has 0 aromatic rings. The van der Waals surface area contributed by atoms with Crippen molar-refractivity contribution < 1.29 is 4.79 Å². The molecular formula is C15H29N3O. The second-order valence-corrected chi connectivity index (χ2v) is 6.32. The van der Waals surface area contributed by atoms with Gasteiger partial charge in [0.05, 0.1) is 6.04 Å². The number of amides is 1. The zero-order valence-electron chi connectivity index (χ0n) is 12.5. The molecule has 110 valence electrons. The fourth-order valence-corrected chi connectivity index (χ4v) is 3.74. The Morgan fingerprint density at radius 2 is 1.74 bits per heavy atom. The molecule has 0 aliphatic carbocycles. The second-order valence-electron chi connectivity index (χ2n) is 6.32. The normalized spacial score (nSPS) is 34.3. The van der Waals surface area contributed by atoms with Crippen LogP contribution in [-0.4, -0.2) is 53.5 Å². The van der Waals surface area contributed by atoms with Gasteiger partial charge in [-0.2, -0.15) is 0 Å². The molecule has 2 N–H and O–H groups in total. The summed E-state index contributed by atoms with van der Waals surface area (Å²) in [5, 5.41) is 0. The summed E-state index contributed by atoms with van der Waals surface area (Å²) < 4.78 is 0. The number of carbonyl (C=O) groups excluding carboxylic acids is 1. The SMILES string of the molecule is CC1CCCC(C)N1CCN1CCCCC1C(N)=O. The van der Waals surface area contributed by atoms with E-state index in [1.54, 1.807) is 0 Å². The Kier molecular flexibility index (Phi) is 5.22. The highest BCUT2D eigenvalue weighted by Crippen LogP contribution is 2.23. The van der Waals surface area contributed by atoms with Crippen LogP contribution in [-0.2, 0) is 4.79 Å². The van der Waals surface area contributed by atoms with E-state index in [1.165, 1.54) is 25.7 Å². The smallest absolute Gasteiger partial charge is 0.234 e. The summed E-state index contributed by atoms with van der Waals surface area (Å²) in [7, 11) is 0. The first-order valence-electron chi connectivity index (χ1n) is 7.88. The standard InChI is InChI=1S/C15H29N3O/c1-12-6-5-7-13(2)18(12)11-10-17-9-4-3-8-14(17)15(16)19/h12-14H,3-11H2,1-2H3,(H2,16,19). The number of piperidine rings is 2. The van der Waals surface area contributed by atoms with Gasteiger partial charge in [-0.25, -0.2) is 0 Å². The lowest BCUT2D eigenvalue weighted by molar-refractivity contribution is -0.124. The largest absolute Gasteiger partial charge is 0.368 e. The van der Waals surface area contributed by atoms with Crippen LogP contribution in [0.2, 0.25) is 0 Å². The van der Waals surface area contributed by atoms with Crippen molar-refractivity contribution in [2.45, 2.75) is 70.5 Å². The Morgan fingerprint density at radius 3 is 2.37 bits per heavy atom. The number of nitrogens with two attached hydrogens (primary N) is 1. The van der Waals surface area contributed by atoms with Gasteiger partial charge in [-0.1, -0.05) is 12.8 Å². The van der Waals surface area contributed by atoms with Crippen molar-refractivity contribution in [1.82, 2.24) is 9.80 Å². The molecule has 0 spiro atoms. The number of likely N-dealkylation sites (tertiary alicyclic amines) is 2. The minimum absolute atomic E-state index is 0.0239. The molecule has 4 nitrogen and oxygen atoms in total. The van der Waals surface area contributed by atoms with E-state index in [4.69, 9.17) is 5.73 Å². The van der Waals surface area contributed by atoms with Gasteiger partial charge in [-0.05, 0) is 46.1 Å². The summed E-state index contributed by atoms with van der Waals surface area (Å²) in [6, 6.07) is 1.34. The third-order valence-corrected chi connectivity index (χ3v) is 4.96. The van der Waals surface area contributed by atoms with Crippen molar-refractivity contribution in [3.05, 3.63) is 0 Å². The molecule has 2 rings (SSSR count). The van der Waals surface area contributed by atoms with Gasteiger partial charge in [0.1, 0.15) is 0 Å². The molecule has 2 saturated heterocycles. The van der Waals surface area contributed by atoms with Gasteiger partial charge in [0.15, 0.2) is 0 Å². The molecule has 2 heterocycles. The van der Waals surface area contributed by atoms with E-state index in [1.807, 2.05) is 0 Å². The van der Waals surface area contributed by atoms with Crippen LogP contribution in [0, 0.1) is 0 Å². The Bertz CT molecular complexity index is 298. The van der Waals surface area contributed by atoms with Crippen LogP contribution in [0.5, 0.6) is 0 Å². The van der Waals surface area contributed by atoms with Gasteiger partial charge >= 0.3 is 0 Å². The Balaban J connectivity index is 1.87. The van der Waals surface area contributed by atoms with Crippen molar-refractivity contribution in [3.63, 3.8) is 0 Å². The van der Waals surface area contributed by atoms with Crippen molar-refractivity contribution in [1.29, 1.82) is 0 Å². The lowest BCUT2D eigenvalue weighted by Crippen LogP contribution is -2.52. The maximum absolute atomic E-state index is 11.5. The molecular weight excluding hydrogens is 238 g/mol. The Morgan fingerprint density at radius 1 is 1.05 bits per heavy atom. The lowest BCUT2D eigenvalue weighted by Gasteiger charge is -2.41. The van der Waals surface area contributed by atoms with Crippen LogP contribution in [0.1, 0.15) is 52.4 Å². The number of nitrogens with zero attached hydrogens (tertiary/aromatic N) is 2. The quantitative estimate of drug-likeness (QED) is 0.841. The zero-order valence-corrected chi connectivity index (χ0v) is 12.5. The molecule has 3 atom stereocenters. The van der Waals surface area contributed by atoms with E-state index in [2.05, 4.69) is 23.6 Å². The fourth-order valence-electron chi connectivity index (χ4n) is 3.74. The molecule has 2 aliphatic rings. The van der Waals surface area contributed by atoms with Crippen LogP contribution in [0.15, 0.2) is 0 Å². The van der Waals surface area contributed by atoms with E-state index in [0.717, 1.165) is 32.5 Å². The van der Waals surface area contributed by atoms with E-state index in [0.29, 0.717) is 12.1 Å². The van der Waals surface area contributed by atoms with Crippen LogP contribution < -0.4 is 5.73 Å². The van der Waals surface area contributed by atoms with Crippen LogP contribution in [0.4, 0.5) is 0 Å². The van der Waals surface area contributed by atoms with Crippen LogP contribution >= 0.6 is 0 Å². The minimum atomic E-state index is -0.139. The predicted molar refractivity (Wildman–Crippen MR) is 77.9 cm³/mol. The first-order chi connectivity index (χ1) is 9.09. The monoisotopic (exact) mass is 267 g/mol. The van der Waals surface area contributed by atoms with Crippen molar-refractivity contribution in [3.8, 4) is 0 Å². The lowest BCUT2D eigenvalue weighted by atomic mass is 9.97. The highest BCUT2D eigenvalue weighted by Gasteiger charge is 2.29. The fraction of sp³-hybridized carbons (Fsp3) is 0.933. The molecule has 2 fully saturated rings. The van der Waals surface area contributed by atoms with E-state index in [-0.39, 0.29) is 11.9 Å². The van der Waals surface area contributed by atoms with Gasteiger partial charge in [-0.3, -0.25) is 14.6 Å². The van der Waals surface area contributed by atoms with Gasteiger partial charge in [0, 0.05) is 25.2 Å². The highest BCUT2D eigenvalue weighted by molar-refractivity contribution is 5.79. The summed E-state index contributed by atoms with van der Waals surface area (Å²) in [5.74, 6) is -0.139. The van der Waals surface area contributed by atoms with E-state index >= 15 is 0 Å². The van der Waals surface area contributed by atoms with Gasteiger partial charge in [0.2, 0.25) is 5.91 Å². The Labute approximate surface area is 117 Å². The number of hydrogen-bond acceptors (Lipinski definition) is 3. The molecule has 0 bridgehead atoms. The molecule has 0 radical (unpaired) electrons. The molecule has 1 amide bonds. The predicted octanol–water partition coefficient (Wildman–Crippen LogP) is 1.59. The summed E-state index contributed by atoms with van der Waals surface area (Å²) in [6.07, 6.45) is 7.26. The average molecular weight is 267 g/mol. The Hall–Kier alpha value is -0.610. The highest BCUT2D eigenvalue weighted by atomic mass is 16.1. The van der Waals surface area contributed by atoms with Crippen molar-refractivity contribution in [2.75, 3.05) is 19.6 Å². The first-order valence-corrected chi connectivity index (χ1v) is 7.88. The van der Waals surface area contributed by atoms with Crippen LogP contribution in [0.25, 0.3) is 0 Å². The molecule has 4 heteroatoms. The number of rotatable bonds is 4. The molecule has 0 saturated carbocycles. The maximum atomic E-state index is 11.5. The van der Waals surface area contributed by atoms with E-state index < -0.39 is 0 Å². The van der Waals surface area contributed by atoms with Crippen molar-refractivity contribution in [2.24, 2.45) is 5.73 Å². The second kappa shape index (κ2) is 6.71. The van der Waals surface area contributed by atoms with Crippen molar-refractivity contribution >= 4 is 5.91 Å². The number of primary amides is 1. The number of carbonyl (C=O) groups is 1. The topological polar surface area (TPSA) is 49.6 Å². The minimum Gasteiger partial charge on any atom is -0.368 e. The summed E-state index contributed by atoms with van der Waals surface area (Å²) in [6.45, 7) is 7.76. The zero-order chi connectivity index (χ0) is 13.8. The first kappa shape index (κ1) is 14.8. The molecule has 19 heavy (non-hydrogen) atoms. The molecule has 2 aliphatic heterocycles. The average Bonchev–Trinajstić information content (AvgIpc) is 2.38. The molecule has 3 unspecified atom stereocenters.